The molecule has 18 heavy (non-hydrogen) atoms. The Morgan fingerprint density at radius 2 is 1.06 bits per heavy atom. The van der Waals surface area contributed by atoms with E-state index in [9.17, 15) is 0 Å². The molecule has 2 aromatic carbocycles. The normalized spacial score (nSPS) is 9.44. The van der Waals surface area contributed by atoms with E-state index in [1.807, 2.05) is 12.1 Å². The summed E-state index contributed by atoms with van der Waals surface area (Å²) in [6.07, 6.45) is 4.08. The molecular weight excluding hydrogens is 235 g/mol. The van der Waals surface area contributed by atoms with Gasteiger partial charge in [-0.1, -0.05) is 93.8 Å². The van der Waals surface area contributed by atoms with E-state index in [4.69, 9.17) is 0 Å². The predicted octanol–water partition coefficient (Wildman–Crippen LogP) is 4.78. The third-order valence-electron chi connectivity index (χ3n) is 2.48. The number of hydrogen-bond acceptors (Lipinski definition) is 0. The van der Waals surface area contributed by atoms with Crippen molar-refractivity contribution in [1.29, 1.82) is 0 Å². The van der Waals surface area contributed by atoms with E-state index in [1.165, 1.54) is 38.5 Å². The van der Waals surface area contributed by atoms with Crippen molar-refractivity contribution in [2.75, 3.05) is 0 Å². The second kappa shape index (κ2) is 9.85. The monoisotopic (exact) mass is 257 g/mol. The Kier molecular flexibility index (Phi) is 8.17. The van der Waals surface area contributed by atoms with Crippen LogP contribution < -0.4 is 10.6 Å². The Hall–Kier alpha value is -1.13. The molecule has 2 aromatic rings. The van der Waals surface area contributed by atoms with Gasteiger partial charge in [-0.05, 0) is 19.2 Å². The van der Waals surface area contributed by atoms with Gasteiger partial charge >= 0.3 is 0 Å². The predicted molar refractivity (Wildman–Crippen MR) is 84.3 cm³/mol. The molecule has 0 spiro atoms. The molecule has 0 heterocycles. The van der Waals surface area contributed by atoms with Crippen LogP contribution in [0.5, 0.6) is 0 Å². The second-order valence-electron chi connectivity index (χ2n) is 4.14. The van der Waals surface area contributed by atoms with Gasteiger partial charge in [-0.15, -0.1) is 0 Å². The number of rotatable bonds is 4. The molecule has 0 aromatic heterocycles. The molecule has 0 aliphatic rings. The van der Waals surface area contributed by atoms with Crippen LogP contribution >= 0.6 is 8.58 Å². The molecule has 0 bridgehead atoms. The average molecular weight is 257 g/mol. The van der Waals surface area contributed by atoms with Gasteiger partial charge in [-0.25, -0.2) is 0 Å². The van der Waals surface area contributed by atoms with Gasteiger partial charge in [0.05, 0.1) is 0 Å². The molecule has 0 amide bonds. The Labute approximate surface area is 113 Å². The third-order valence-corrected chi connectivity index (χ3v) is 3.59. The minimum atomic E-state index is 1.28. The van der Waals surface area contributed by atoms with E-state index in [0.29, 0.717) is 0 Å². The molecule has 0 unspecified atom stereocenters. The van der Waals surface area contributed by atoms with Crippen LogP contribution in [0.25, 0.3) is 0 Å². The van der Waals surface area contributed by atoms with Crippen molar-refractivity contribution in [1.82, 2.24) is 0 Å². The maximum Gasteiger partial charge on any atom is -0.0100 e. The minimum absolute atomic E-state index is 1.28. The first kappa shape index (κ1) is 14.9. The van der Waals surface area contributed by atoms with Crippen molar-refractivity contribution in [3.05, 3.63) is 60.7 Å². The van der Waals surface area contributed by atoms with Crippen molar-refractivity contribution in [3.8, 4) is 0 Å². The van der Waals surface area contributed by atoms with Crippen LogP contribution in [-0.2, 0) is 0 Å². The molecule has 0 saturated carbocycles. The van der Waals surface area contributed by atoms with Gasteiger partial charge in [0, 0.05) is 0 Å². The zero-order chi connectivity index (χ0) is 13.1. The molecule has 1 heteroatoms. The van der Waals surface area contributed by atoms with E-state index >= 15 is 0 Å². The van der Waals surface area contributed by atoms with Crippen molar-refractivity contribution >= 4 is 19.2 Å². The fourth-order valence-electron chi connectivity index (χ4n) is 1.51. The highest BCUT2D eigenvalue weighted by Gasteiger charge is 1.93. The Morgan fingerprint density at radius 1 is 0.667 bits per heavy atom. The van der Waals surface area contributed by atoms with Gasteiger partial charge in [0.1, 0.15) is 0 Å². The maximum absolute atomic E-state index is 2.21. The fourth-order valence-corrected chi connectivity index (χ4v) is 2.45. The van der Waals surface area contributed by atoms with Gasteiger partial charge in [-0.3, -0.25) is 0 Å². The van der Waals surface area contributed by atoms with E-state index in [0.717, 1.165) is 0 Å². The molecule has 2 rings (SSSR count). The molecule has 1 radical (unpaired) electrons. The Balaban J connectivity index is 0.000000280. The SMILES string of the molecule is CCCCC.c1ccc([P]c2ccccc2)cc1. The standard InChI is InChI=1S/C12H10P.C5H12/c1-3-7-11(8-4-1)13-12-9-5-2-6-10-12;1-3-5-4-2/h1-10H;3-5H2,1-2H3. The molecule has 0 saturated heterocycles. The highest BCUT2D eigenvalue weighted by molar-refractivity contribution is 7.55. The van der Waals surface area contributed by atoms with Crippen LogP contribution in [0.2, 0.25) is 0 Å². The van der Waals surface area contributed by atoms with Crippen LogP contribution in [-0.4, -0.2) is 0 Å². The summed E-state index contributed by atoms with van der Waals surface area (Å²) in [5.41, 5.74) is 0. The van der Waals surface area contributed by atoms with Crippen LogP contribution in [0, 0.1) is 0 Å². The summed E-state index contributed by atoms with van der Waals surface area (Å²) in [7, 11) is 1.28. The number of hydrogen-bond donors (Lipinski definition) is 0. The largest absolute Gasteiger partial charge is 0.0654 e. The first-order valence-corrected chi connectivity index (χ1v) is 7.58. The Morgan fingerprint density at radius 3 is 1.33 bits per heavy atom. The van der Waals surface area contributed by atoms with E-state index in [-0.39, 0.29) is 0 Å². The lowest BCUT2D eigenvalue weighted by Gasteiger charge is -1.98. The van der Waals surface area contributed by atoms with Gasteiger partial charge in [-0.2, -0.15) is 0 Å². The molecule has 0 atom stereocenters. The summed E-state index contributed by atoms with van der Waals surface area (Å²) in [4.78, 5) is 0. The molecule has 0 fully saturated rings. The summed E-state index contributed by atoms with van der Waals surface area (Å²) in [5, 5.41) is 2.68. The highest BCUT2D eigenvalue weighted by atomic mass is 31.1. The molecule has 0 aliphatic carbocycles. The second-order valence-corrected chi connectivity index (χ2v) is 5.39. The topological polar surface area (TPSA) is 0 Å². The zero-order valence-electron chi connectivity index (χ0n) is 11.3. The van der Waals surface area contributed by atoms with Gasteiger partial charge in [0.2, 0.25) is 0 Å². The summed E-state index contributed by atoms with van der Waals surface area (Å²) < 4.78 is 0. The first-order chi connectivity index (χ1) is 8.86. The van der Waals surface area contributed by atoms with Gasteiger partial charge in [0.25, 0.3) is 0 Å². The van der Waals surface area contributed by atoms with Crippen molar-refractivity contribution in [2.24, 2.45) is 0 Å². The molecule has 0 aliphatic heterocycles. The lowest BCUT2D eigenvalue weighted by atomic mass is 10.3. The van der Waals surface area contributed by atoms with Crippen molar-refractivity contribution < 1.29 is 0 Å². The van der Waals surface area contributed by atoms with Gasteiger partial charge in [0.15, 0.2) is 0 Å². The quantitative estimate of drug-likeness (QED) is 0.691. The Bertz CT molecular complexity index is 355. The van der Waals surface area contributed by atoms with E-state index < -0.39 is 0 Å². The van der Waals surface area contributed by atoms with Crippen LogP contribution in [0.1, 0.15) is 33.1 Å². The highest BCUT2D eigenvalue weighted by Crippen LogP contribution is 2.08. The van der Waals surface area contributed by atoms with Gasteiger partial charge < -0.3 is 0 Å². The third kappa shape index (κ3) is 6.57. The summed E-state index contributed by atoms with van der Waals surface area (Å²) in [6.45, 7) is 4.42. The minimum Gasteiger partial charge on any atom is -0.0654 e. The number of benzene rings is 2. The van der Waals surface area contributed by atoms with Crippen LogP contribution in [0.15, 0.2) is 60.7 Å². The lowest BCUT2D eigenvalue weighted by Crippen LogP contribution is -2.01. The zero-order valence-corrected chi connectivity index (χ0v) is 12.2. The molecular formula is C17H22P. The summed E-state index contributed by atoms with van der Waals surface area (Å²) in [5.74, 6) is 0. The fraction of sp³-hybridized carbons (Fsp3) is 0.294. The summed E-state index contributed by atoms with van der Waals surface area (Å²) in [6, 6.07) is 21.0. The molecule has 0 N–H and O–H groups in total. The van der Waals surface area contributed by atoms with Crippen LogP contribution in [0.4, 0.5) is 0 Å². The van der Waals surface area contributed by atoms with E-state index in [1.54, 1.807) is 0 Å². The smallest absolute Gasteiger partial charge is 0.0100 e. The van der Waals surface area contributed by atoms with Crippen molar-refractivity contribution in [3.63, 3.8) is 0 Å². The molecule has 0 nitrogen and oxygen atoms in total. The first-order valence-electron chi connectivity index (χ1n) is 6.68. The summed E-state index contributed by atoms with van der Waals surface area (Å²) >= 11 is 0. The maximum atomic E-state index is 2.21. The van der Waals surface area contributed by atoms with Crippen LogP contribution in [0.3, 0.4) is 0 Å². The average Bonchev–Trinajstić information content (AvgIpc) is 2.43. The lowest BCUT2D eigenvalue weighted by molar-refractivity contribution is 0.772. The van der Waals surface area contributed by atoms with Crippen molar-refractivity contribution in [2.45, 2.75) is 33.1 Å². The number of unbranched alkanes of at least 4 members (excludes halogenated alkanes) is 2. The van der Waals surface area contributed by atoms with E-state index in [2.05, 4.69) is 62.4 Å². The molecule has 95 valence electrons.